The summed E-state index contributed by atoms with van der Waals surface area (Å²) in [6.07, 6.45) is 1.64. The Balaban J connectivity index is 2.43. The van der Waals surface area contributed by atoms with Crippen molar-refractivity contribution in [3.8, 4) is 11.4 Å². The first-order chi connectivity index (χ1) is 13.7. The van der Waals surface area contributed by atoms with E-state index in [4.69, 9.17) is 9.47 Å². The van der Waals surface area contributed by atoms with E-state index in [9.17, 15) is 24.5 Å². The molecule has 1 aromatic heterocycles. The van der Waals surface area contributed by atoms with Gasteiger partial charge in [0, 0.05) is 18.3 Å². The maximum absolute atomic E-state index is 12.9. The number of rotatable bonds is 7. The zero-order chi connectivity index (χ0) is 21.7. The Labute approximate surface area is 167 Å². The smallest absolute Gasteiger partial charge is 0.325 e. The summed E-state index contributed by atoms with van der Waals surface area (Å²) in [5, 5.41) is 11.0. The van der Waals surface area contributed by atoms with Crippen LogP contribution in [0.3, 0.4) is 0 Å². The zero-order valence-corrected chi connectivity index (χ0v) is 16.6. The SMILES string of the molecule is CCOC(=O)C(CC)C(=O)Oc1cccn(-c2c(C)cc([N+](=O)[O-])cc2C)c1=O. The van der Waals surface area contributed by atoms with Crippen LogP contribution in [0.1, 0.15) is 31.4 Å². The second-order valence-electron chi connectivity index (χ2n) is 6.37. The lowest BCUT2D eigenvalue weighted by molar-refractivity contribution is -0.384. The molecule has 0 radical (unpaired) electrons. The van der Waals surface area contributed by atoms with Gasteiger partial charge in [0.15, 0.2) is 11.7 Å². The topological polar surface area (TPSA) is 118 Å². The van der Waals surface area contributed by atoms with Gasteiger partial charge in [-0.05, 0) is 50.5 Å². The van der Waals surface area contributed by atoms with Crippen molar-refractivity contribution in [2.45, 2.75) is 34.1 Å². The van der Waals surface area contributed by atoms with Crippen LogP contribution in [-0.2, 0) is 14.3 Å². The van der Waals surface area contributed by atoms with Gasteiger partial charge in [0.05, 0.1) is 17.2 Å². The van der Waals surface area contributed by atoms with Crippen LogP contribution in [0.5, 0.6) is 5.75 Å². The summed E-state index contributed by atoms with van der Waals surface area (Å²) in [4.78, 5) is 47.7. The highest BCUT2D eigenvalue weighted by Crippen LogP contribution is 2.24. The van der Waals surface area contributed by atoms with E-state index >= 15 is 0 Å². The van der Waals surface area contributed by atoms with Crippen molar-refractivity contribution in [2.75, 3.05) is 6.61 Å². The molecule has 1 aromatic carbocycles. The fraction of sp³-hybridized carbons (Fsp3) is 0.350. The van der Waals surface area contributed by atoms with Gasteiger partial charge in [0.25, 0.3) is 11.2 Å². The number of aromatic nitrogens is 1. The van der Waals surface area contributed by atoms with Crippen LogP contribution in [0.25, 0.3) is 5.69 Å². The molecule has 1 atom stereocenters. The maximum atomic E-state index is 12.9. The first kappa shape index (κ1) is 21.8. The largest absolute Gasteiger partial charge is 0.465 e. The van der Waals surface area contributed by atoms with Crippen molar-refractivity contribution < 1.29 is 24.0 Å². The Bertz CT molecular complexity index is 987. The zero-order valence-electron chi connectivity index (χ0n) is 16.6. The molecule has 1 unspecified atom stereocenters. The highest BCUT2D eigenvalue weighted by Gasteiger charge is 2.29. The number of esters is 2. The van der Waals surface area contributed by atoms with Crippen LogP contribution in [0.15, 0.2) is 35.3 Å². The van der Waals surface area contributed by atoms with Crippen LogP contribution in [0, 0.1) is 29.9 Å². The van der Waals surface area contributed by atoms with Crippen LogP contribution >= 0.6 is 0 Å². The molecule has 0 saturated carbocycles. The molecule has 29 heavy (non-hydrogen) atoms. The third-order valence-corrected chi connectivity index (χ3v) is 4.31. The third-order valence-electron chi connectivity index (χ3n) is 4.31. The normalized spacial score (nSPS) is 11.6. The molecule has 9 heteroatoms. The van der Waals surface area contributed by atoms with Gasteiger partial charge in [-0.2, -0.15) is 0 Å². The van der Waals surface area contributed by atoms with E-state index in [-0.39, 0.29) is 24.5 Å². The fourth-order valence-corrected chi connectivity index (χ4v) is 3.00. The predicted molar refractivity (Wildman–Crippen MR) is 104 cm³/mol. The number of benzene rings is 1. The van der Waals surface area contributed by atoms with Crippen molar-refractivity contribution in [1.82, 2.24) is 4.57 Å². The van der Waals surface area contributed by atoms with Crippen molar-refractivity contribution in [2.24, 2.45) is 5.92 Å². The number of carbonyl (C=O) groups excluding carboxylic acids is 2. The number of ether oxygens (including phenoxy) is 2. The van der Waals surface area contributed by atoms with Crippen molar-refractivity contribution >= 4 is 17.6 Å². The minimum absolute atomic E-state index is 0.0837. The number of nitro groups is 1. The van der Waals surface area contributed by atoms with Gasteiger partial charge >= 0.3 is 11.9 Å². The summed E-state index contributed by atoms with van der Waals surface area (Å²) in [6, 6.07) is 5.56. The molecule has 0 aliphatic carbocycles. The number of aryl methyl sites for hydroxylation is 2. The number of nitrogens with zero attached hydrogens (tertiary/aromatic N) is 2. The quantitative estimate of drug-likeness (QED) is 0.302. The molecule has 0 spiro atoms. The lowest BCUT2D eigenvalue weighted by Crippen LogP contribution is -2.31. The Morgan fingerprint density at radius 3 is 2.31 bits per heavy atom. The summed E-state index contributed by atoms with van der Waals surface area (Å²) in [5.74, 6) is -2.97. The molecule has 2 rings (SSSR count). The first-order valence-corrected chi connectivity index (χ1v) is 9.07. The van der Waals surface area contributed by atoms with Gasteiger partial charge in [0.1, 0.15) is 0 Å². The highest BCUT2D eigenvalue weighted by atomic mass is 16.6. The van der Waals surface area contributed by atoms with Gasteiger partial charge in [-0.1, -0.05) is 6.92 Å². The molecule has 0 N–H and O–H groups in total. The second kappa shape index (κ2) is 9.13. The van der Waals surface area contributed by atoms with Gasteiger partial charge < -0.3 is 9.47 Å². The van der Waals surface area contributed by atoms with Gasteiger partial charge in [0.2, 0.25) is 0 Å². The van der Waals surface area contributed by atoms with E-state index in [1.165, 1.54) is 35.0 Å². The van der Waals surface area contributed by atoms with E-state index in [1.807, 2.05) is 0 Å². The average Bonchev–Trinajstić information content (AvgIpc) is 2.64. The van der Waals surface area contributed by atoms with E-state index in [2.05, 4.69) is 0 Å². The summed E-state index contributed by atoms with van der Waals surface area (Å²) >= 11 is 0. The Hall–Kier alpha value is -3.49. The predicted octanol–water partition coefficient (Wildman–Crippen LogP) is 2.86. The molecule has 0 amide bonds. The standard InChI is InChI=1S/C20H22N2O7/c1-5-15(19(24)28-6-2)20(25)29-16-8-7-9-21(18(16)23)17-12(3)10-14(22(26)27)11-13(17)4/h7-11,15H,5-6H2,1-4H3. The number of hydrogen-bond donors (Lipinski definition) is 0. The summed E-state index contributed by atoms with van der Waals surface area (Å²) in [7, 11) is 0. The highest BCUT2D eigenvalue weighted by molar-refractivity contribution is 5.95. The molecule has 0 bridgehead atoms. The van der Waals surface area contributed by atoms with Crippen molar-refractivity contribution in [1.29, 1.82) is 0 Å². The molecular weight excluding hydrogens is 380 g/mol. The first-order valence-electron chi connectivity index (χ1n) is 9.07. The molecular formula is C20H22N2O7. The van der Waals surface area contributed by atoms with Gasteiger partial charge in [-0.3, -0.25) is 29.1 Å². The van der Waals surface area contributed by atoms with Crippen LogP contribution in [0.4, 0.5) is 5.69 Å². The summed E-state index contributed by atoms with van der Waals surface area (Å²) in [6.45, 7) is 6.68. The lowest BCUT2D eigenvalue weighted by Gasteiger charge is -2.15. The third kappa shape index (κ3) is 4.68. The fourth-order valence-electron chi connectivity index (χ4n) is 3.00. The summed E-state index contributed by atoms with van der Waals surface area (Å²) < 4.78 is 11.3. The number of hydrogen-bond acceptors (Lipinski definition) is 7. The molecule has 0 aliphatic rings. The van der Waals surface area contributed by atoms with Crippen LogP contribution < -0.4 is 10.3 Å². The maximum Gasteiger partial charge on any atom is 0.325 e. The minimum Gasteiger partial charge on any atom is -0.465 e. The van der Waals surface area contributed by atoms with Crippen molar-refractivity contribution in [3.63, 3.8) is 0 Å². The van der Waals surface area contributed by atoms with E-state index < -0.39 is 28.3 Å². The Morgan fingerprint density at radius 2 is 1.79 bits per heavy atom. The van der Waals surface area contributed by atoms with Crippen molar-refractivity contribution in [3.05, 3.63) is 62.1 Å². The van der Waals surface area contributed by atoms with Gasteiger partial charge in [-0.15, -0.1) is 0 Å². The molecule has 154 valence electrons. The molecule has 0 fully saturated rings. The molecule has 2 aromatic rings. The monoisotopic (exact) mass is 402 g/mol. The Kier molecular flexibility index (Phi) is 6.87. The molecule has 0 saturated heterocycles. The van der Waals surface area contributed by atoms with Gasteiger partial charge in [-0.25, -0.2) is 0 Å². The Morgan fingerprint density at radius 1 is 1.17 bits per heavy atom. The lowest BCUT2D eigenvalue weighted by atomic mass is 10.1. The number of carbonyl (C=O) groups is 2. The molecule has 1 heterocycles. The van der Waals surface area contributed by atoms with Crippen LogP contribution in [-0.4, -0.2) is 28.0 Å². The van der Waals surface area contributed by atoms with Crippen LogP contribution in [0.2, 0.25) is 0 Å². The van der Waals surface area contributed by atoms with E-state index in [0.717, 1.165) is 0 Å². The van der Waals surface area contributed by atoms with E-state index in [0.29, 0.717) is 16.8 Å². The number of pyridine rings is 1. The summed E-state index contributed by atoms with van der Waals surface area (Å²) in [5.41, 5.74) is 0.774. The number of nitro benzene ring substituents is 1. The molecule has 0 aliphatic heterocycles. The second-order valence-corrected chi connectivity index (χ2v) is 6.37. The van der Waals surface area contributed by atoms with E-state index in [1.54, 1.807) is 27.7 Å². The average molecular weight is 402 g/mol. The molecule has 9 nitrogen and oxygen atoms in total. The minimum atomic E-state index is -1.13. The number of non-ortho nitro benzene ring substituents is 1.